The zero-order valence-corrected chi connectivity index (χ0v) is 10.2. The highest BCUT2D eigenvalue weighted by Crippen LogP contribution is 1.92. The van der Waals surface area contributed by atoms with Crippen LogP contribution in [0.5, 0.6) is 0 Å². The molecule has 0 aromatic rings. The Bertz CT molecular complexity index is 328. The quantitative estimate of drug-likeness (QED) is 0.475. The van der Waals surface area contributed by atoms with E-state index in [-0.39, 0.29) is 12.5 Å². The molecule has 1 saturated heterocycles. The van der Waals surface area contributed by atoms with Gasteiger partial charge >= 0.3 is 12.0 Å². The largest absolute Gasteiger partial charge is 0.480 e. The van der Waals surface area contributed by atoms with E-state index >= 15 is 0 Å². The van der Waals surface area contributed by atoms with Crippen LogP contribution in [0.15, 0.2) is 0 Å². The van der Waals surface area contributed by atoms with Crippen LogP contribution in [0.3, 0.4) is 0 Å². The van der Waals surface area contributed by atoms with Crippen molar-refractivity contribution in [2.75, 3.05) is 32.7 Å². The molecule has 0 unspecified atom stereocenters. The zero-order valence-electron chi connectivity index (χ0n) is 10.2. The van der Waals surface area contributed by atoms with Gasteiger partial charge in [-0.1, -0.05) is 0 Å². The number of piperazine rings is 1. The van der Waals surface area contributed by atoms with Crippen molar-refractivity contribution in [1.29, 1.82) is 0 Å². The third-order valence-electron chi connectivity index (χ3n) is 2.59. The zero-order chi connectivity index (χ0) is 13.5. The van der Waals surface area contributed by atoms with Crippen LogP contribution in [0.4, 0.5) is 4.79 Å². The lowest BCUT2D eigenvalue weighted by molar-refractivity contribution is -0.138. The molecule has 4 N–H and O–H groups in total. The number of amides is 3. The van der Waals surface area contributed by atoms with E-state index in [9.17, 15) is 14.4 Å². The lowest BCUT2D eigenvalue weighted by Gasteiger charge is -2.27. The Morgan fingerprint density at radius 3 is 2.50 bits per heavy atom. The normalized spacial score (nSPS) is 16.8. The van der Waals surface area contributed by atoms with Crippen molar-refractivity contribution in [3.05, 3.63) is 0 Å². The summed E-state index contributed by atoms with van der Waals surface area (Å²) in [6.07, 6.45) is 0. The third kappa shape index (κ3) is 4.58. The van der Waals surface area contributed by atoms with Crippen molar-refractivity contribution >= 4 is 17.9 Å². The second kappa shape index (κ2) is 6.80. The van der Waals surface area contributed by atoms with Crippen LogP contribution in [0, 0.1) is 0 Å². The number of nitrogens with zero attached hydrogens (tertiary/aromatic N) is 1. The molecule has 1 atom stereocenters. The molecule has 3 amide bonds. The van der Waals surface area contributed by atoms with E-state index in [1.165, 1.54) is 6.92 Å². The summed E-state index contributed by atoms with van der Waals surface area (Å²) in [4.78, 5) is 35.1. The molecule has 102 valence electrons. The minimum atomic E-state index is -1.13. The minimum absolute atomic E-state index is 0.127. The van der Waals surface area contributed by atoms with Gasteiger partial charge in [-0.25, -0.2) is 4.79 Å². The number of hydrogen-bond donors (Lipinski definition) is 4. The van der Waals surface area contributed by atoms with Gasteiger partial charge in [-0.3, -0.25) is 9.59 Å². The van der Waals surface area contributed by atoms with Gasteiger partial charge in [0.25, 0.3) is 0 Å². The van der Waals surface area contributed by atoms with Crippen molar-refractivity contribution < 1.29 is 19.5 Å². The van der Waals surface area contributed by atoms with Crippen LogP contribution in [0.2, 0.25) is 0 Å². The molecular formula is C10H18N4O4. The van der Waals surface area contributed by atoms with Gasteiger partial charge in [0.05, 0.1) is 6.54 Å². The molecule has 0 aliphatic carbocycles. The number of carboxylic acid groups (broad SMARTS) is 1. The molecule has 1 aliphatic rings. The van der Waals surface area contributed by atoms with Crippen LogP contribution in [-0.4, -0.2) is 66.7 Å². The highest BCUT2D eigenvalue weighted by atomic mass is 16.4. The summed E-state index contributed by atoms with van der Waals surface area (Å²) in [5.41, 5.74) is 0. The first-order valence-electron chi connectivity index (χ1n) is 5.76. The van der Waals surface area contributed by atoms with E-state index in [0.29, 0.717) is 13.1 Å². The smallest absolute Gasteiger partial charge is 0.325 e. The first-order valence-corrected chi connectivity index (χ1v) is 5.76. The summed E-state index contributed by atoms with van der Waals surface area (Å²) < 4.78 is 0. The first-order chi connectivity index (χ1) is 8.50. The molecule has 1 heterocycles. The van der Waals surface area contributed by atoms with Gasteiger partial charge in [0, 0.05) is 26.2 Å². The molecule has 0 aromatic heterocycles. The highest BCUT2D eigenvalue weighted by molar-refractivity contribution is 5.86. The SMILES string of the molecule is C[C@H](NC(=O)NCC(=O)N1CCNCC1)C(=O)O. The summed E-state index contributed by atoms with van der Waals surface area (Å²) in [7, 11) is 0. The molecule has 0 bridgehead atoms. The van der Waals surface area contributed by atoms with Crippen LogP contribution < -0.4 is 16.0 Å². The molecule has 1 rings (SSSR count). The topological polar surface area (TPSA) is 111 Å². The van der Waals surface area contributed by atoms with Gasteiger partial charge in [-0.2, -0.15) is 0 Å². The Morgan fingerprint density at radius 1 is 1.33 bits per heavy atom. The molecule has 0 radical (unpaired) electrons. The number of aliphatic carboxylic acids is 1. The standard InChI is InChI=1S/C10H18N4O4/c1-7(9(16)17)13-10(18)12-6-8(15)14-4-2-11-3-5-14/h7,11H,2-6H2,1H3,(H,16,17)(H2,12,13,18)/t7-/m0/s1. The van der Waals surface area contributed by atoms with E-state index in [4.69, 9.17) is 5.11 Å². The van der Waals surface area contributed by atoms with Gasteiger partial charge in [0.1, 0.15) is 6.04 Å². The monoisotopic (exact) mass is 258 g/mol. The summed E-state index contributed by atoms with van der Waals surface area (Å²) in [6, 6.07) is -1.65. The lowest BCUT2D eigenvalue weighted by atomic mass is 10.3. The maximum absolute atomic E-state index is 11.7. The van der Waals surface area contributed by atoms with Crippen molar-refractivity contribution in [1.82, 2.24) is 20.9 Å². The number of carbonyl (C=O) groups excluding carboxylic acids is 2. The number of rotatable bonds is 4. The molecule has 1 fully saturated rings. The number of carbonyl (C=O) groups is 3. The fourth-order valence-electron chi connectivity index (χ4n) is 1.49. The molecule has 18 heavy (non-hydrogen) atoms. The van der Waals surface area contributed by atoms with Crippen LogP contribution in [-0.2, 0) is 9.59 Å². The summed E-state index contributed by atoms with van der Waals surface area (Å²) >= 11 is 0. The molecular weight excluding hydrogens is 240 g/mol. The maximum Gasteiger partial charge on any atom is 0.325 e. The van der Waals surface area contributed by atoms with E-state index < -0.39 is 18.0 Å². The fraction of sp³-hybridized carbons (Fsp3) is 0.700. The molecule has 8 nitrogen and oxygen atoms in total. The number of urea groups is 1. The molecule has 1 aliphatic heterocycles. The van der Waals surface area contributed by atoms with E-state index in [1.54, 1.807) is 4.90 Å². The number of nitrogens with one attached hydrogen (secondary N) is 3. The van der Waals surface area contributed by atoms with Gasteiger partial charge in [0.2, 0.25) is 5.91 Å². The molecule has 0 saturated carbocycles. The van der Waals surface area contributed by atoms with Crippen LogP contribution in [0.1, 0.15) is 6.92 Å². The predicted octanol–water partition coefficient (Wildman–Crippen LogP) is -1.81. The summed E-state index contributed by atoms with van der Waals surface area (Å²) in [5.74, 6) is -1.30. The second-order valence-corrected chi connectivity index (χ2v) is 4.02. The molecule has 0 aromatic carbocycles. The lowest BCUT2D eigenvalue weighted by Crippen LogP contribution is -2.51. The van der Waals surface area contributed by atoms with Crippen molar-refractivity contribution in [3.8, 4) is 0 Å². The van der Waals surface area contributed by atoms with Crippen molar-refractivity contribution in [2.24, 2.45) is 0 Å². The van der Waals surface area contributed by atoms with Gasteiger partial charge in [0.15, 0.2) is 0 Å². The second-order valence-electron chi connectivity index (χ2n) is 4.02. The van der Waals surface area contributed by atoms with Crippen LogP contribution in [0.25, 0.3) is 0 Å². The Morgan fingerprint density at radius 2 is 1.94 bits per heavy atom. The Kier molecular flexibility index (Phi) is 5.37. The maximum atomic E-state index is 11.7. The number of hydrogen-bond acceptors (Lipinski definition) is 4. The Labute approximate surface area is 105 Å². The van der Waals surface area contributed by atoms with E-state index in [1.807, 2.05) is 0 Å². The molecule has 0 spiro atoms. The fourth-order valence-corrected chi connectivity index (χ4v) is 1.49. The first kappa shape index (κ1) is 14.2. The van der Waals surface area contributed by atoms with Crippen molar-refractivity contribution in [2.45, 2.75) is 13.0 Å². The van der Waals surface area contributed by atoms with Gasteiger partial charge in [-0.05, 0) is 6.92 Å². The Hall–Kier alpha value is -1.83. The predicted molar refractivity (Wildman–Crippen MR) is 63.1 cm³/mol. The van der Waals surface area contributed by atoms with E-state index in [0.717, 1.165) is 13.1 Å². The average Bonchev–Trinajstić information content (AvgIpc) is 2.36. The molecule has 8 heteroatoms. The van der Waals surface area contributed by atoms with Crippen LogP contribution >= 0.6 is 0 Å². The highest BCUT2D eigenvalue weighted by Gasteiger charge is 2.18. The average molecular weight is 258 g/mol. The number of carboxylic acids is 1. The summed E-state index contributed by atoms with van der Waals surface area (Å²) in [5, 5.41) is 16.2. The summed E-state index contributed by atoms with van der Waals surface area (Å²) in [6.45, 7) is 3.95. The van der Waals surface area contributed by atoms with Gasteiger partial charge < -0.3 is 26.0 Å². The van der Waals surface area contributed by atoms with Crippen molar-refractivity contribution in [3.63, 3.8) is 0 Å². The van der Waals surface area contributed by atoms with Gasteiger partial charge in [-0.15, -0.1) is 0 Å². The third-order valence-corrected chi connectivity index (χ3v) is 2.59. The minimum Gasteiger partial charge on any atom is -0.480 e. The van der Waals surface area contributed by atoms with E-state index in [2.05, 4.69) is 16.0 Å². The Balaban J connectivity index is 2.25.